The fraction of sp³-hybridized carbons (Fsp3) is 0.548. The number of allylic oxidation sites excluding steroid dienone is 4. The van der Waals surface area contributed by atoms with Crippen LogP contribution in [0.5, 0.6) is 5.75 Å². The van der Waals surface area contributed by atoms with Crippen molar-refractivity contribution in [3.05, 3.63) is 71.0 Å². The van der Waals surface area contributed by atoms with Crippen molar-refractivity contribution in [1.29, 1.82) is 0 Å². The zero-order chi connectivity index (χ0) is 24.7. The first-order valence-electron chi connectivity index (χ1n) is 13.5. The second-order valence-corrected chi connectivity index (χ2v) is 11.4. The van der Waals surface area contributed by atoms with Crippen LogP contribution in [0.3, 0.4) is 0 Å². The molecule has 0 bridgehead atoms. The number of fused-ring (bicyclic) bond motifs is 6. The van der Waals surface area contributed by atoms with Crippen LogP contribution in [0.2, 0.25) is 0 Å². The molecule has 188 valence electrons. The van der Waals surface area contributed by atoms with E-state index in [1.165, 1.54) is 40.8 Å². The predicted octanol–water partition coefficient (Wildman–Crippen LogP) is 6.31. The first kappa shape index (κ1) is 24.4. The molecule has 0 spiro atoms. The average molecular weight is 475 g/mol. The molecular weight excluding hydrogens is 432 g/mol. The standard InChI is InChI=1S/C31H42N2O2/c1-7-23-18-26-25(19-29(23)35-14-8-11-32-12-15-34-16-13-32)24-9-10-31(5,6)30(24)33-20-27(21(2)3)22(4)17-28(26)33/h17-20,24,30H,2,4,7-16H2,1,3,5-6H3. The number of benzene rings is 1. The lowest BCUT2D eigenvalue weighted by molar-refractivity contribution is 0.0358. The number of aryl methyl sites for hydroxylation is 1. The van der Waals surface area contributed by atoms with Crippen molar-refractivity contribution >= 4 is 5.70 Å². The van der Waals surface area contributed by atoms with Gasteiger partial charge in [0, 0.05) is 49.1 Å². The van der Waals surface area contributed by atoms with Gasteiger partial charge in [-0.3, -0.25) is 4.90 Å². The first-order chi connectivity index (χ1) is 16.8. The Morgan fingerprint density at radius 3 is 2.71 bits per heavy atom. The Morgan fingerprint density at radius 2 is 2.00 bits per heavy atom. The van der Waals surface area contributed by atoms with E-state index in [1.54, 1.807) is 0 Å². The Hall–Kier alpha value is -2.30. The summed E-state index contributed by atoms with van der Waals surface area (Å²) in [5.41, 5.74) is 8.97. The molecule has 3 aliphatic heterocycles. The summed E-state index contributed by atoms with van der Waals surface area (Å²) in [6.45, 7) is 23.4. The summed E-state index contributed by atoms with van der Waals surface area (Å²) in [5, 5.41) is 0. The van der Waals surface area contributed by atoms with Gasteiger partial charge in [0.25, 0.3) is 0 Å². The molecule has 0 radical (unpaired) electrons. The number of rotatable bonds is 7. The molecule has 2 unspecified atom stereocenters. The summed E-state index contributed by atoms with van der Waals surface area (Å²) < 4.78 is 11.9. The molecule has 1 aromatic carbocycles. The number of nitrogens with zero attached hydrogens (tertiary/aromatic N) is 2. The zero-order valence-corrected chi connectivity index (χ0v) is 22.2. The SMILES string of the molecule is C=C(C)C1=CN2C(=CC1=C)c1cc(CC)c(OCCCN3CCOCC3)cc1C1CCC(C)(C)C12. The molecule has 5 rings (SSSR count). The van der Waals surface area contributed by atoms with Gasteiger partial charge in [-0.25, -0.2) is 0 Å². The molecule has 1 aliphatic carbocycles. The Bertz CT molecular complexity index is 1070. The normalized spacial score (nSPS) is 25.4. The molecule has 2 atom stereocenters. The van der Waals surface area contributed by atoms with Crippen LogP contribution in [0, 0.1) is 5.41 Å². The van der Waals surface area contributed by atoms with Crippen molar-refractivity contribution in [2.24, 2.45) is 5.41 Å². The van der Waals surface area contributed by atoms with Gasteiger partial charge in [0.15, 0.2) is 0 Å². The summed E-state index contributed by atoms with van der Waals surface area (Å²) in [6.07, 6.45) is 9.08. The molecule has 1 aromatic rings. The van der Waals surface area contributed by atoms with Crippen LogP contribution in [0.4, 0.5) is 0 Å². The lowest BCUT2D eigenvalue weighted by Crippen LogP contribution is -2.45. The van der Waals surface area contributed by atoms with Gasteiger partial charge in [0.1, 0.15) is 5.75 Å². The second kappa shape index (κ2) is 9.63. The fourth-order valence-corrected chi connectivity index (χ4v) is 6.59. The van der Waals surface area contributed by atoms with Gasteiger partial charge in [-0.1, -0.05) is 33.9 Å². The van der Waals surface area contributed by atoms with E-state index in [0.717, 1.165) is 69.2 Å². The van der Waals surface area contributed by atoms with Gasteiger partial charge in [-0.15, -0.1) is 0 Å². The maximum Gasteiger partial charge on any atom is 0.122 e. The maximum atomic E-state index is 6.46. The van der Waals surface area contributed by atoms with Crippen LogP contribution in [0.25, 0.3) is 5.70 Å². The van der Waals surface area contributed by atoms with E-state index in [-0.39, 0.29) is 5.41 Å². The number of morpholine rings is 1. The number of hydrogen-bond donors (Lipinski definition) is 0. The second-order valence-electron chi connectivity index (χ2n) is 11.4. The minimum absolute atomic E-state index is 0.236. The van der Waals surface area contributed by atoms with Gasteiger partial charge in [0.05, 0.1) is 19.8 Å². The summed E-state index contributed by atoms with van der Waals surface area (Å²) in [7, 11) is 0. The number of hydrogen-bond acceptors (Lipinski definition) is 4. The first-order valence-corrected chi connectivity index (χ1v) is 13.5. The molecule has 0 aromatic heterocycles. The predicted molar refractivity (Wildman–Crippen MR) is 145 cm³/mol. The van der Waals surface area contributed by atoms with E-state index in [0.29, 0.717) is 12.0 Å². The Morgan fingerprint density at radius 1 is 1.23 bits per heavy atom. The highest BCUT2D eigenvalue weighted by molar-refractivity contribution is 5.78. The summed E-state index contributed by atoms with van der Waals surface area (Å²) in [5.74, 6) is 1.59. The minimum Gasteiger partial charge on any atom is -0.493 e. The van der Waals surface area contributed by atoms with Crippen LogP contribution >= 0.6 is 0 Å². The van der Waals surface area contributed by atoms with Crippen molar-refractivity contribution in [2.45, 2.75) is 65.3 Å². The van der Waals surface area contributed by atoms with E-state index in [9.17, 15) is 0 Å². The van der Waals surface area contributed by atoms with Gasteiger partial charge in [-0.05, 0) is 84.1 Å². The fourth-order valence-electron chi connectivity index (χ4n) is 6.59. The van der Waals surface area contributed by atoms with Gasteiger partial charge in [0.2, 0.25) is 0 Å². The van der Waals surface area contributed by atoms with Gasteiger partial charge < -0.3 is 14.4 Å². The topological polar surface area (TPSA) is 24.9 Å². The van der Waals surface area contributed by atoms with Crippen LogP contribution in [0.15, 0.2) is 54.3 Å². The van der Waals surface area contributed by atoms with Crippen LogP contribution in [0.1, 0.15) is 69.6 Å². The van der Waals surface area contributed by atoms with Crippen LogP contribution in [-0.2, 0) is 11.2 Å². The van der Waals surface area contributed by atoms with E-state index >= 15 is 0 Å². The molecule has 4 nitrogen and oxygen atoms in total. The van der Waals surface area contributed by atoms with Gasteiger partial charge >= 0.3 is 0 Å². The van der Waals surface area contributed by atoms with Crippen molar-refractivity contribution in [3.63, 3.8) is 0 Å². The summed E-state index contributed by atoms with van der Waals surface area (Å²) in [6, 6.07) is 5.23. The van der Waals surface area contributed by atoms with Crippen molar-refractivity contribution in [2.75, 3.05) is 39.5 Å². The molecule has 0 N–H and O–H groups in total. The molecule has 1 saturated heterocycles. The third-order valence-corrected chi connectivity index (χ3v) is 8.51. The lowest BCUT2D eigenvalue weighted by Gasteiger charge is -2.47. The van der Waals surface area contributed by atoms with E-state index in [2.05, 4.69) is 75.1 Å². The molecule has 4 aliphatic rings. The third kappa shape index (κ3) is 4.51. The van der Waals surface area contributed by atoms with E-state index in [1.807, 2.05) is 0 Å². The molecule has 3 heterocycles. The Kier molecular flexibility index (Phi) is 6.71. The number of ether oxygens (including phenoxy) is 2. The Labute approximate surface area is 212 Å². The highest BCUT2D eigenvalue weighted by atomic mass is 16.5. The maximum absolute atomic E-state index is 6.46. The van der Waals surface area contributed by atoms with Crippen molar-refractivity contribution < 1.29 is 9.47 Å². The largest absolute Gasteiger partial charge is 0.493 e. The third-order valence-electron chi connectivity index (χ3n) is 8.51. The quantitative estimate of drug-likeness (QED) is 0.433. The smallest absolute Gasteiger partial charge is 0.122 e. The average Bonchev–Trinajstić information content (AvgIpc) is 3.17. The molecule has 1 saturated carbocycles. The molecule has 35 heavy (non-hydrogen) atoms. The van der Waals surface area contributed by atoms with Crippen molar-refractivity contribution in [1.82, 2.24) is 9.80 Å². The molecular formula is C31H42N2O2. The van der Waals surface area contributed by atoms with Gasteiger partial charge in [-0.2, -0.15) is 0 Å². The summed E-state index contributed by atoms with van der Waals surface area (Å²) in [4.78, 5) is 5.04. The van der Waals surface area contributed by atoms with Crippen LogP contribution < -0.4 is 4.74 Å². The van der Waals surface area contributed by atoms with E-state index < -0.39 is 0 Å². The molecule has 4 heteroatoms. The highest BCUT2D eigenvalue weighted by Gasteiger charge is 2.50. The highest BCUT2D eigenvalue weighted by Crippen LogP contribution is 2.57. The lowest BCUT2D eigenvalue weighted by atomic mass is 9.75. The van der Waals surface area contributed by atoms with Crippen molar-refractivity contribution in [3.8, 4) is 5.75 Å². The molecule has 0 amide bonds. The monoisotopic (exact) mass is 474 g/mol. The Balaban J connectivity index is 1.45. The minimum atomic E-state index is 0.236. The van der Waals surface area contributed by atoms with E-state index in [4.69, 9.17) is 9.47 Å². The van der Waals surface area contributed by atoms with Crippen LogP contribution in [-0.4, -0.2) is 55.3 Å². The molecule has 2 fully saturated rings. The summed E-state index contributed by atoms with van der Waals surface area (Å²) >= 11 is 0. The zero-order valence-electron chi connectivity index (χ0n) is 22.2.